The second-order valence-electron chi connectivity index (χ2n) is 4.90. The van der Waals surface area contributed by atoms with Crippen LogP contribution in [0, 0.1) is 0 Å². The number of hydrogen-bond donors (Lipinski definition) is 2. The van der Waals surface area contributed by atoms with Crippen LogP contribution in [0.15, 0.2) is 48.5 Å². The molecule has 1 atom stereocenters. The highest BCUT2D eigenvalue weighted by Gasteiger charge is 2.21. The first-order chi connectivity index (χ1) is 11.0. The summed E-state index contributed by atoms with van der Waals surface area (Å²) in [7, 11) is 1.50. The van der Waals surface area contributed by atoms with Gasteiger partial charge in [-0.25, -0.2) is 4.79 Å². The second-order valence-corrected chi connectivity index (χ2v) is 5.31. The van der Waals surface area contributed by atoms with Crippen LogP contribution in [0.5, 0.6) is 5.75 Å². The van der Waals surface area contributed by atoms with Crippen LogP contribution < -0.4 is 10.1 Å². The van der Waals surface area contributed by atoms with Gasteiger partial charge in [0.25, 0.3) is 5.91 Å². The van der Waals surface area contributed by atoms with Crippen LogP contribution in [0.2, 0.25) is 5.02 Å². The van der Waals surface area contributed by atoms with Gasteiger partial charge in [0.1, 0.15) is 11.8 Å². The third-order valence-electron chi connectivity index (χ3n) is 3.30. The maximum absolute atomic E-state index is 12.1. The number of carboxylic acid groups (broad SMARTS) is 1. The molecular formula is C17H16ClNO4. The minimum absolute atomic E-state index is 0.123. The number of carbonyl (C=O) groups excluding carboxylic acids is 1. The molecule has 0 bridgehead atoms. The van der Waals surface area contributed by atoms with E-state index in [0.29, 0.717) is 21.9 Å². The van der Waals surface area contributed by atoms with E-state index in [1.165, 1.54) is 7.11 Å². The maximum atomic E-state index is 12.1. The van der Waals surface area contributed by atoms with E-state index in [1.807, 2.05) is 0 Å². The number of rotatable bonds is 6. The number of hydrogen-bond acceptors (Lipinski definition) is 3. The fourth-order valence-electron chi connectivity index (χ4n) is 2.10. The number of ether oxygens (including phenoxy) is 1. The van der Waals surface area contributed by atoms with Crippen molar-refractivity contribution in [2.24, 2.45) is 0 Å². The van der Waals surface area contributed by atoms with Crippen molar-refractivity contribution >= 4 is 23.5 Å². The number of nitrogens with one attached hydrogen (secondary N) is 1. The molecule has 0 aromatic heterocycles. The molecule has 1 amide bonds. The predicted molar refractivity (Wildman–Crippen MR) is 87.0 cm³/mol. The molecule has 0 radical (unpaired) electrons. The van der Waals surface area contributed by atoms with Gasteiger partial charge in [-0.15, -0.1) is 0 Å². The zero-order valence-electron chi connectivity index (χ0n) is 12.5. The molecule has 0 aliphatic rings. The van der Waals surface area contributed by atoms with E-state index in [0.717, 1.165) is 0 Å². The topological polar surface area (TPSA) is 75.6 Å². The number of methoxy groups -OCH3 is 1. The Hall–Kier alpha value is -2.53. The van der Waals surface area contributed by atoms with Crippen LogP contribution in [-0.4, -0.2) is 30.1 Å². The molecule has 2 aromatic rings. The summed E-state index contributed by atoms with van der Waals surface area (Å²) in [5.41, 5.74) is 1.10. The Bertz CT molecular complexity index is 703. The Kier molecular flexibility index (Phi) is 5.60. The van der Waals surface area contributed by atoms with E-state index in [-0.39, 0.29) is 6.42 Å². The summed E-state index contributed by atoms with van der Waals surface area (Å²) in [6.45, 7) is 0. The van der Waals surface area contributed by atoms with E-state index in [1.54, 1.807) is 48.5 Å². The number of aliphatic carboxylic acids is 1. The third-order valence-corrected chi connectivity index (χ3v) is 3.59. The lowest BCUT2D eigenvalue weighted by molar-refractivity contribution is -0.139. The van der Waals surface area contributed by atoms with Crippen molar-refractivity contribution in [3.8, 4) is 5.75 Å². The minimum Gasteiger partial charge on any atom is -0.495 e. The van der Waals surface area contributed by atoms with Crippen molar-refractivity contribution < 1.29 is 19.4 Å². The molecule has 0 spiro atoms. The Balaban J connectivity index is 2.12. The fraction of sp³-hybridized carbons (Fsp3) is 0.176. The smallest absolute Gasteiger partial charge is 0.326 e. The van der Waals surface area contributed by atoms with E-state index < -0.39 is 17.9 Å². The summed E-state index contributed by atoms with van der Waals surface area (Å²) >= 11 is 6.03. The number of carbonyl (C=O) groups is 2. The Morgan fingerprint density at radius 2 is 1.91 bits per heavy atom. The second kappa shape index (κ2) is 7.65. The van der Waals surface area contributed by atoms with Gasteiger partial charge in [0.05, 0.1) is 12.1 Å². The van der Waals surface area contributed by atoms with Gasteiger partial charge in [0, 0.05) is 12.0 Å². The number of halogens is 1. The normalized spacial score (nSPS) is 11.6. The molecule has 0 aliphatic carbocycles. The van der Waals surface area contributed by atoms with E-state index >= 15 is 0 Å². The summed E-state index contributed by atoms with van der Waals surface area (Å²) in [6, 6.07) is 12.4. The van der Waals surface area contributed by atoms with Gasteiger partial charge in [-0.1, -0.05) is 35.9 Å². The van der Waals surface area contributed by atoms with Crippen molar-refractivity contribution in [3.63, 3.8) is 0 Å². The lowest BCUT2D eigenvalue weighted by atomic mass is 10.1. The SMILES string of the molecule is COc1ccc(C[C@@H](NC(=O)c2ccccc2)C(=O)O)cc1Cl. The number of amides is 1. The van der Waals surface area contributed by atoms with Gasteiger partial charge in [-0.05, 0) is 29.8 Å². The number of carboxylic acids is 1. The Morgan fingerprint density at radius 1 is 1.22 bits per heavy atom. The van der Waals surface area contributed by atoms with Crippen LogP contribution in [0.4, 0.5) is 0 Å². The van der Waals surface area contributed by atoms with Crippen LogP contribution in [0.3, 0.4) is 0 Å². The molecule has 5 nitrogen and oxygen atoms in total. The van der Waals surface area contributed by atoms with Gasteiger partial charge in [0.2, 0.25) is 0 Å². The Morgan fingerprint density at radius 3 is 2.48 bits per heavy atom. The fourth-order valence-corrected chi connectivity index (χ4v) is 2.38. The molecule has 2 rings (SSSR count). The molecule has 0 aliphatic heterocycles. The summed E-state index contributed by atoms with van der Waals surface area (Å²) in [4.78, 5) is 23.5. The lowest BCUT2D eigenvalue weighted by Gasteiger charge is -2.15. The first kappa shape index (κ1) is 16.8. The van der Waals surface area contributed by atoms with Crippen molar-refractivity contribution in [2.75, 3.05) is 7.11 Å². The monoisotopic (exact) mass is 333 g/mol. The molecule has 2 aromatic carbocycles. The van der Waals surface area contributed by atoms with Gasteiger partial charge in [-0.3, -0.25) is 4.79 Å². The summed E-state index contributed by atoms with van der Waals surface area (Å²) in [6.07, 6.45) is 0.123. The molecule has 0 saturated carbocycles. The molecule has 6 heteroatoms. The molecule has 23 heavy (non-hydrogen) atoms. The Labute approximate surface area is 138 Å². The van der Waals surface area contributed by atoms with Crippen molar-refractivity contribution in [2.45, 2.75) is 12.5 Å². The van der Waals surface area contributed by atoms with Gasteiger partial charge in [-0.2, -0.15) is 0 Å². The zero-order chi connectivity index (χ0) is 16.8. The zero-order valence-corrected chi connectivity index (χ0v) is 13.2. The van der Waals surface area contributed by atoms with Crippen LogP contribution >= 0.6 is 11.6 Å². The lowest BCUT2D eigenvalue weighted by Crippen LogP contribution is -2.42. The van der Waals surface area contributed by atoms with Gasteiger partial charge >= 0.3 is 5.97 Å². The maximum Gasteiger partial charge on any atom is 0.326 e. The summed E-state index contributed by atoms with van der Waals surface area (Å²) in [5, 5.41) is 12.2. The first-order valence-corrected chi connectivity index (χ1v) is 7.30. The van der Waals surface area contributed by atoms with Crippen LogP contribution in [0.25, 0.3) is 0 Å². The molecule has 0 heterocycles. The highest BCUT2D eigenvalue weighted by Crippen LogP contribution is 2.25. The van der Waals surface area contributed by atoms with Crippen molar-refractivity contribution in [1.29, 1.82) is 0 Å². The van der Waals surface area contributed by atoms with Crippen LogP contribution in [-0.2, 0) is 11.2 Å². The van der Waals surface area contributed by atoms with E-state index in [9.17, 15) is 14.7 Å². The molecule has 0 saturated heterocycles. The first-order valence-electron chi connectivity index (χ1n) is 6.92. The highest BCUT2D eigenvalue weighted by atomic mass is 35.5. The third kappa shape index (κ3) is 4.47. The van der Waals surface area contributed by atoms with E-state index in [2.05, 4.69) is 5.32 Å². The molecule has 2 N–H and O–H groups in total. The van der Waals surface area contributed by atoms with E-state index in [4.69, 9.17) is 16.3 Å². The molecule has 0 fully saturated rings. The van der Waals surface area contributed by atoms with Gasteiger partial charge in [0.15, 0.2) is 0 Å². The minimum atomic E-state index is -1.11. The summed E-state index contributed by atoms with van der Waals surface area (Å²) in [5.74, 6) is -1.03. The van der Waals surface area contributed by atoms with Crippen molar-refractivity contribution in [1.82, 2.24) is 5.32 Å². The highest BCUT2D eigenvalue weighted by molar-refractivity contribution is 6.32. The average molecular weight is 334 g/mol. The largest absolute Gasteiger partial charge is 0.495 e. The molecule has 120 valence electrons. The summed E-state index contributed by atoms with van der Waals surface area (Å²) < 4.78 is 5.06. The standard InChI is InChI=1S/C17H16ClNO4/c1-23-15-8-7-11(9-13(15)18)10-14(17(21)22)19-16(20)12-5-3-2-4-6-12/h2-9,14H,10H2,1H3,(H,19,20)(H,21,22)/t14-/m1/s1. The van der Waals surface area contributed by atoms with Crippen molar-refractivity contribution in [3.05, 3.63) is 64.7 Å². The molecule has 0 unspecified atom stereocenters. The number of benzene rings is 2. The van der Waals surface area contributed by atoms with Crippen LogP contribution in [0.1, 0.15) is 15.9 Å². The average Bonchev–Trinajstić information content (AvgIpc) is 2.55. The quantitative estimate of drug-likeness (QED) is 0.852. The molecular weight excluding hydrogens is 318 g/mol. The van der Waals surface area contributed by atoms with Gasteiger partial charge < -0.3 is 15.2 Å². The predicted octanol–water partition coefficient (Wildman–Crippen LogP) is 2.77.